The fraction of sp³-hybridized carbons (Fsp3) is 0.588. The van der Waals surface area contributed by atoms with E-state index >= 15 is 0 Å². The molecule has 1 aromatic rings. The second-order valence-corrected chi connectivity index (χ2v) is 5.22. The molecule has 0 aliphatic carbocycles. The predicted molar refractivity (Wildman–Crippen MR) is 85.7 cm³/mol. The van der Waals surface area contributed by atoms with E-state index in [9.17, 15) is 4.79 Å². The number of esters is 1. The highest BCUT2D eigenvalue weighted by atomic mass is 16.7. The maximum absolute atomic E-state index is 11.6. The van der Waals surface area contributed by atoms with Crippen LogP contribution in [0.5, 0.6) is 5.75 Å². The predicted octanol–water partition coefficient (Wildman–Crippen LogP) is 2.74. The molecule has 2 atom stereocenters. The van der Waals surface area contributed by atoms with Crippen molar-refractivity contribution in [3.63, 3.8) is 0 Å². The highest BCUT2D eigenvalue weighted by molar-refractivity contribution is 5.71. The Kier molecular flexibility index (Phi) is 8.55. The maximum atomic E-state index is 11.6. The van der Waals surface area contributed by atoms with Crippen LogP contribution in [0.3, 0.4) is 0 Å². The highest BCUT2D eigenvalue weighted by Gasteiger charge is 2.11. The van der Waals surface area contributed by atoms with Gasteiger partial charge in [0, 0.05) is 6.54 Å². The Bertz CT molecular complexity index is 433. The lowest BCUT2D eigenvalue weighted by Gasteiger charge is -2.15. The first-order chi connectivity index (χ1) is 10.6. The number of likely N-dealkylation sites (N-methyl/N-ethyl adjacent to an activating group) is 1. The summed E-state index contributed by atoms with van der Waals surface area (Å²) in [6, 6.07) is 7.48. The quantitative estimate of drug-likeness (QED) is 0.409. The van der Waals surface area contributed by atoms with E-state index in [1.807, 2.05) is 52.1 Å². The Morgan fingerprint density at radius 1 is 1.23 bits per heavy atom. The molecule has 0 spiro atoms. The second kappa shape index (κ2) is 10.2. The van der Waals surface area contributed by atoms with Crippen LogP contribution < -0.4 is 10.1 Å². The number of carbonyl (C=O) groups is 1. The van der Waals surface area contributed by atoms with Gasteiger partial charge in [-0.15, -0.1) is 0 Å². The Morgan fingerprint density at radius 2 is 1.91 bits per heavy atom. The third kappa shape index (κ3) is 6.91. The molecule has 0 saturated heterocycles. The summed E-state index contributed by atoms with van der Waals surface area (Å²) in [5.74, 6) is 0.515. The summed E-state index contributed by atoms with van der Waals surface area (Å²) >= 11 is 0. The number of hydrogen-bond donors (Lipinski definition) is 1. The number of rotatable bonds is 10. The summed E-state index contributed by atoms with van der Waals surface area (Å²) in [4.78, 5) is 11.6. The molecule has 22 heavy (non-hydrogen) atoms. The van der Waals surface area contributed by atoms with Gasteiger partial charge in [0.1, 0.15) is 12.4 Å². The molecule has 0 heterocycles. The van der Waals surface area contributed by atoms with E-state index in [0.717, 1.165) is 24.3 Å². The Hall–Kier alpha value is -1.59. The van der Waals surface area contributed by atoms with Gasteiger partial charge in [0.15, 0.2) is 6.29 Å². The second-order valence-electron chi connectivity index (χ2n) is 5.22. The molecule has 5 nitrogen and oxygen atoms in total. The highest BCUT2D eigenvalue weighted by Crippen LogP contribution is 2.15. The fourth-order valence-corrected chi connectivity index (χ4v) is 1.68. The van der Waals surface area contributed by atoms with Gasteiger partial charge in [0.05, 0.1) is 12.5 Å². The van der Waals surface area contributed by atoms with Crippen LogP contribution in [-0.2, 0) is 20.9 Å². The van der Waals surface area contributed by atoms with Crippen molar-refractivity contribution in [1.29, 1.82) is 0 Å². The standard InChI is InChI=1S/C17H27NO4/c1-5-13(2)17(19)21-12-15-6-8-16(9-7-15)22-14(3)20-11-10-18-4/h6-9,13-14,18H,5,10-12H2,1-4H3. The van der Waals surface area contributed by atoms with Crippen LogP contribution in [0, 0.1) is 5.92 Å². The zero-order chi connectivity index (χ0) is 16.4. The van der Waals surface area contributed by atoms with Crippen molar-refractivity contribution in [2.75, 3.05) is 20.2 Å². The molecule has 0 aliphatic heterocycles. The van der Waals surface area contributed by atoms with Gasteiger partial charge in [-0.3, -0.25) is 4.79 Å². The van der Waals surface area contributed by atoms with Gasteiger partial charge in [-0.05, 0) is 38.1 Å². The zero-order valence-corrected chi connectivity index (χ0v) is 13.9. The van der Waals surface area contributed by atoms with Gasteiger partial charge >= 0.3 is 5.97 Å². The molecule has 124 valence electrons. The van der Waals surface area contributed by atoms with Crippen molar-refractivity contribution >= 4 is 5.97 Å². The summed E-state index contributed by atoms with van der Waals surface area (Å²) in [6.07, 6.45) is 0.485. The minimum atomic E-state index is -0.303. The van der Waals surface area contributed by atoms with Crippen LogP contribution in [0.4, 0.5) is 0 Å². The number of benzene rings is 1. The average Bonchev–Trinajstić information content (AvgIpc) is 2.53. The first-order valence-corrected chi connectivity index (χ1v) is 7.75. The van der Waals surface area contributed by atoms with Crippen molar-refractivity contribution in [2.45, 2.75) is 40.1 Å². The fourth-order valence-electron chi connectivity index (χ4n) is 1.68. The largest absolute Gasteiger partial charge is 0.465 e. The number of ether oxygens (including phenoxy) is 3. The first kappa shape index (κ1) is 18.5. The summed E-state index contributed by atoms with van der Waals surface area (Å²) in [6.45, 7) is 7.37. The van der Waals surface area contributed by atoms with Crippen LogP contribution in [0.2, 0.25) is 0 Å². The van der Waals surface area contributed by atoms with Gasteiger partial charge in [-0.2, -0.15) is 0 Å². The van der Waals surface area contributed by atoms with Gasteiger partial charge in [0.2, 0.25) is 0 Å². The number of nitrogens with one attached hydrogen (secondary N) is 1. The van der Waals surface area contributed by atoms with Gasteiger partial charge < -0.3 is 19.5 Å². The zero-order valence-electron chi connectivity index (χ0n) is 13.9. The summed E-state index contributed by atoms with van der Waals surface area (Å²) in [5, 5.41) is 3.01. The molecule has 0 amide bonds. The third-order valence-corrected chi connectivity index (χ3v) is 3.33. The average molecular weight is 309 g/mol. The van der Waals surface area contributed by atoms with Crippen molar-refractivity contribution < 1.29 is 19.0 Å². The number of carbonyl (C=O) groups excluding carboxylic acids is 1. The molecule has 0 bridgehead atoms. The van der Waals surface area contributed by atoms with Crippen molar-refractivity contribution in [1.82, 2.24) is 5.32 Å². The summed E-state index contributed by atoms with van der Waals surface area (Å²) < 4.78 is 16.4. The molecule has 2 unspecified atom stereocenters. The lowest BCUT2D eigenvalue weighted by Crippen LogP contribution is -2.22. The maximum Gasteiger partial charge on any atom is 0.308 e. The SMILES string of the molecule is CCC(C)C(=O)OCc1ccc(OC(C)OCCNC)cc1. The summed E-state index contributed by atoms with van der Waals surface area (Å²) in [7, 11) is 1.88. The molecular weight excluding hydrogens is 282 g/mol. The molecule has 0 saturated carbocycles. The molecule has 0 aromatic heterocycles. The van der Waals surface area contributed by atoms with Crippen LogP contribution >= 0.6 is 0 Å². The lowest BCUT2D eigenvalue weighted by atomic mass is 10.1. The Labute approximate surface area is 132 Å². The number of hydrogen-bond acceptors (Lipinski definition) is 5. The minimum absolute atomic E-state index is 0.0572. The van der Waals surface area contributed by atoms with Crippen molar-refractivity contribution in [3.05, 3.63) is 29.8 Å². The first-order valence-electron chi connectivity index (χ1n) is 7.75. The topological polar surface area (TPSA) is 56.8 Å². The third-order valence-electron chi connectivity index (χ3n) is 3.33. The van der Waals surface area contributed by atoms with E-state index in [2.05, 4.69) is 5.32 Å². The van der Waals surface area contributed by atoms with Gasteiger partial charge in [0.25, 0.3) is 0 Å². The van der Waals surface area contributed by atoms with E-state index in [1.54, 1.807) is 0 Å². The van der Waals surface area contributed by atoms with E-state index < -0.39 is 0 Å². The molecule has 1 N–H and O–H groups in total. The monoisotopic (exact) mass is 309 g/mol. The van der Waals surface area contributed by atoms with E-state index in [0.29, 0.717) is 6.61 Å². The minimum Gasteiger partial charge on any atom is -0.465 e. The Balaban J connectivity index is 2.38. The molecular formula is C17H27NO4. The van der Waals surface area contributed by atoms with Crippen molar-refractivity contribution in [2.24, 2.45) is 5.92 Å². The Morgan fingerprint density at radius 3 is 2.50 bits per heavy atom. The molecule has 1 aromatic carbocycles. The van der Waals surface area contributed by atoms with E-state index in [4.69, 9.17) is 14.2 Å². The molecule has 5 heteroatoms. The van der Waals surface area contributed by atoms with E-state index in [-0.39, 0.29) is 24.8 Å². The summed E-state index contributed by atoms with van der Waals surface area (Å²) in [5.41, 5.74) is 0.938. The smallest absolute Gasteiger partial charge is 0.308 e. The molecule has 0 radical (unpaired) electrons. The lowest BCUT2D eigenvalue weighted by molar-refractivity contribution is -0.149. The van der Waals surface area contributed by atoms with Gasteiger partial charge in [-0.25, -0.2) is 0 Å². The van der Waals surface area contributed by atoms with Crippen LogP contribution in [0.15, 0.2) is 24.3 Å². The molecule has 0 fully saturated rings. The van der Waals surface area contributed by atoms with Gasteiger partial charge in [-0.1, -0.05) is 26.0 Å². The van der Waals surface area contributed by atoms with Crippen LogP contribution in [-0.4, -0.2) is 32.5 Å². The normalized spacial score (nSPS) is 13.5. The van der Waals surface area contributed by atoms with E-state index in [1.165, 1.54) is 0 Å². The van der Waals surface area contributed by atoms with Crippen LogP contribution in [0.25, 0.3) is 0 Å². The molecule has 0 aliphatic rings. The molecule has 1 rings (SSSR count). The van der Waals surface area contributed by atoms with Crippen LogP contribution in [0.1, 0.15) is 32.8 Å². The van der Waals surface area contributed by atoms with Crippen molar-refractivity contribution in [3.8, 4) is 5.75 Å².